The molecule has 0 amide bonds. The Morgan fingerprint density at radius 1 is 1.47 bits per heavy atom. The van der Waals surface area contributed by atoms with Gasteiger partial charge in [-0.1, -0.05) is 12.1 Å². The van der Waals surface area contributed by atoms with Crippen LogP contribution in [0.2, 0.25) is 0 Å². The first-order valence-corrected chi connectivity index (χ1v) is 5.62. The minimum absolute atomic E-state index is 0.103. The third kappa shape index (κ3) is 3.55. The van der Waals surface area contributed by atoms with Gasteiger partial charge in [0.15, 0.2) is 0 Å². The van der Waals surface area contributed by atoms with Crippen LogP contribution >= 0.6 is 15.9 Å². The minimum atomic E-state index is -0.426. The molecule has 2 nitrogen and oxygen atoms in total. The normalized spacial score (nSPS) is 13.2. The smallest absolute Gasteiger partial charge is 0.142 e. The fourth-order valence-electron chi connectivity index (χ4n) is 1.19. The molecule has 0 heterocycles. The fourth-order valence-corrected chi connectivity index (χ4v) is 1.57. The van der Waals surface area contributed by atoms with Crippen molar-refractivity contribution in [2.75, 3.05) is 6.61 Å². The topological polar surface area (TPSA) is 35.2 Å². The molecule has 0 fully saturated rings. The number of rotatable bonds is 4. The summed E-state index contributed by atoms with van der Waals surface area (Å²) in [4.78, 5) is 0. The van der Waals surface area contributed by atoms with Crippen LogP contribution in [0.5, 0.6) is 0 Å². The maximum Gasteiger partial charge on any atom is 0.142 e. The number of ether oxygens (including phenoxy) is 1. The van der Waals surface area contributed by atoms with Crippen LogP contribution in [0.25, 0.3) is 0 Å². The van der Waals surface area contributed by atoms with E-state index < -0.39 is 6.04 Å². The summed E-state index contributed by atoms with van der Waals surface area (Å²) in [6.07, 6.45) is 0.103. The monoisotopic (exact) mass is 275 g/mol. The standard InChI is InChI=1S/C11H15BrFNO/c1-7(2)15-6-10(14)8-4-3-5-9(12)11(8)13/h3-5,7,10H,6,14H2,1-2H3. The Hall–Kier alpha value is -0.450. The maximum atomic E-state index is 13.6. The molecule has 0 bridgehead atoms. The van der Waals surface area contributed by atoms with Gasteiger partial charge in [-0.2, -0.15) is 0 Å². The molecule has 0 spiro atoms. The van der Waals surface area contributed by atoms with Crippen LogP contribution < -0.4 is 5.73 Å². The summed E-state index contributed by atoms with van der Waals surface area (Å²) < 4.78 is 19.4. The van der Waals surface area contributed by atoms with E-state index in [1.54, 1.807) is 18.2 Å². The van der Waals surface area contributed by atoms with E-state index >= 15 is 0 Å². The van der Waals surface area contributed by atoms with Crippen LogP contribution in [0, 0.1) is 5.82 Å². The van der Waals surface area contributed by atoms with Crippen molar-refractivity contribution < 1.29 is 9.13 Å². The predicted octanol–water partition coefficient (Wildman–Crippen LogP) is 3.01. The second kappa shape index (κ2) is 5.58. The third-order valence-electron chi connectivity index (χ3n) is 1.99. The molecule has 1 atom stereocenters. The molecular formula is C11H15BrFNO. The van der Waals surface area contributed by atoms with Crippen LogP contribution in [0.4, 0.5) is 4.39 Å². The van der Waals surface area contributed by atoms with Crippen molar-refractivity contribution in [3.8, 4) is 0 Å². The van der Waals surface area contributed by atoms with Crippen molar-refractivity contribution in [3.63, 3.8) is 0 Å². The van der Waals surface area contributed by atoms with Crippen molar-refractivity contribution in [1.29, 1.82) is 0 Å². The lowest BCUT2D eigenvalue weighted by molar-refractivity contribution is 0.0677. The highest BCUT2D eigenvalue weighted by molar-refractivity contribution is 9.10. The van der Waals surface area contributed by atoms with Crippen molar-refractivity contribution >= 4 is 15.9 Å². The van der Waals surface area contributed by atoms with Crippen molar-refractivity contribution in [2.24, 2.45) is 5.73 Å². The van der Waals surface area contributed by atoms with Gasteiger partial charge in [0, 0.05) is 5.56 Å². The van der Waals surface area contributed by atoms with E-state index in [-0.39, 0.29) is 11.9 Å². The molecule has 0 radical (unpaired) electrons. The van der Waals surface area contributed by atoms with Gasteiger partial charge >= 0.3 is 0 Å². The van der Waals surface area contributed by atoms with Gasteiger partial charge in [-0.25, -0.2) is 4.39 Å². The Morgan fingerprint density at radius 2 is 2.13 bits per heavy atom. The summed E-state index contributed by atoms with van der Waals surface area (Å²) >= 11 is 3.12. The van der Waals surface area contributed by atoms with E-state index in [4.69, 9.17) is 10.5 Å². The zero-order valence-electron chi connectivity index (χ0n) is 8.84. The number of halogens is 2. The first kappa shape index (κ1) is 12.6. The Bertz CT molecular complexity index is 330. The Labute approximate surface area is 97.7 Å². The lowest BCUT2D eigenvalue weighted by Crippen LogP contribution is -2.20. The van der Waals surface area contributed by atoms with Crippen LogP contribution in [0.1, 0.15) is 25.5 Å². The molecule has 15 heavy (non-hydrogen) atoms. The molecule has 84 valence electrons. The van der Waals surface area contributed by atoms with Gasteiger partial charge in [-0.05, 0) is 35.8 Å². The van der Waals surface area contributed by atoms with Gasteiger partial charge in [-0.3, -0.25) is 0 Å². The molecule has 0 saturated heterocycles. The second-order valence-electron chi connectivity index (χ2n) is 3.63. The summed E-state index contributed by atoms with van der Waals surface area (Å²) in [7, 11) is 0. The number of benzene rings is 1. The lowest BCUT2D eigenvalue weighted by Gasteiger charge is -2.15. The summed E-state index contributed by atoms with van der Waals surface area (Å²) in [5, 5.41) is 0. The Balaban J connectivity index is 2.73. The average molecular weight is 276 g/mol. The highest BCUT2D eigenvalue weighted by Gasteiger charge is 2.13. The van der Waals surface area contributed by atoms with Crippen molar-refractivity contribution in [3.05, 3.63) is 34.1 Å². The Morgan fingerprint density at radius 3 is 2.73 bits per heavy atom. The molecule has 0 aliphatic rings. The fraction of sp³-hybridized carbons (Fsp3) is 0.455. The average Bonchev–Trinajstić information content (AvgIpc) is 2.18. The van der Waals surface area contributed by atoms with Crippen molar-refractivity contribution in [2.45, 2.75) is 26.0 Å². The van der Waals surface area contributed by atoms with E-state index in [0.29, 0.717) is 16.6 Å². The SMILES string of the molecule is CC(C)OCC(N)c1cccc(Br)c1F. The van der Waals surface area contributed by atoms with Crippen LogP contribution in [0.3, 0.4) is 0 Å². The van der Waals surface area contributed by atoms with Crippen LogP contribution in [-0.4, -0.2) is 12.7 Å². The third-order valence-corrected chi connectivity index (χ3v) is 2.60. The predicted molar refractivity (Wildman–Crippen MR) is 62.1 cm³/mol. The van der Waals surface area contributed by atoms with Crippen LogP contribution in [0.15, 0.2) is 22.7 Å². The maximum absolute atomic E-state index is 13.6. The molecule has 0 aliphatic carbocycles. The molecular weight excluding hydrogens is 261 g/mol. The summed E-state index contributed by atoms with van der Waals surface area (Å²) in [5.41, 5.74) is 6.30. The van der Waals surface area contributed by atoms with Crippen molar-refractivity contribution in [1.82, 2.24) is 0 Å². The highest BCUT2D eigenvalue weighted by atomic mass is 79.9. The van der Waals surface area contributed by atoms with E-state index in [0.717, 1.165) is 0 Å². The van der Waals surface area contributed by atoms with Gasteiger partial charge in [-0.15, -0.1) is 0 Å². The van der Waals surface area contributed by atoms with Gasteiger partial charge in [0.25, 0.3) is 0 Å². The Kier molecular flexibility index (Phi) is 4.70. The van der Waals surface area contributed by atoms with E-state index in [9.17, 15) is 4.39 Å². The highest BCUT2D eigenvalue weighted by Crippen LogP contribution is 2.22. The molecule has 1 aromatic rings. The molecule has 1 aromatic carbocycles. The summed E-state index contributed by atoms with van der Waals surface area (Å²) in [6.45, 7) is 4.17. The van der Waals surface area contributed by atoms with Crippen LogP contribution in [-0.2, 0) is 4.74 Å². The summed E-state index contributed by atoms with van der Waals surface area (Å²) in [5.74, 6) is -0.308. The molecule has 0 aromatic heterocycles. The first-order valence-electron chi connectivity index (χ1n) is 4.83. The zero-order chi connectivity index (χ0) is 11.4. The van der Waals surface area contributed by atoms with E-state index in [2.05, 4.69) is 15.9 Å². The first-order chi connectivity index (χ1) is 7.02. The summed E-state index contributed by atoms with van der Waals surface area (Å²) in [6, 6.07) is 4.66. The quantitative estimate of drug-likeness (QED) is 0.917. The zero-order valence-corrected chi connectivity index (χ0v) is 10.4. The minimum Gasteiger partial charge on any atom is -0.377 e. The number of hydrogen-bond donors (Lipinski definition) is 1. The largest absolute Gasteiger partial charge is 0.377 e. The second-order valence-corrected chi connectivity index (χ2v) is 4.49. The molecule has 4 heteroatoms. The molecule has 1 rings (SSSR count). The van der Waals surface area contributed by atoms with E-state index in [1.165, 1.54) is 0 Å². The van der Waals surface area contributed by atoms with Gasteiger partial charge < -0.3 is 10.5 Å². The van der Waals surface area contributed by atoms with E-state index in [1.807, 2.05) is 13.8 Å². The van der Waals surface area contributed by atoms with Gasteiger partial charge in [0.05, 0.1) is 23.2 Å². The van der Waals surface area contributed by atoms with Gasteiger partial charge in [0.1, 0.15) is 5.82 Å². The number of hydrogen-bond acceptors (Lipinski definition) is 2. The van der Waals surface area contributed by atoms with Gasteiger partial charge in [0.2, 0.25) is 0 Å². The molecule has 2 N–H and O–H groups in total. The molecule has 0 aliphatic heterocycles. The lowest BCUT2D eigenvalue weighted by atomic mass is 10.1. The number of nitrogens with two attached hydrogens (primary N) is 1. The molecule has 1 unspecified atom stereocenters. The molecule has 0 saturated carbocycles.